The molecule has 2 rings (SSSR count). The zero-order valence-corrected chi connectivity index (χ0v) is 6.51. The largest absolute Gasteiger partial charge is 0.505 e. The second-order valence-corrected chi connectivity index (χ2v) is 2.51. The molecule has 0 saturated carbocycles. The maximum Gasteiger partial charge on any atom is 0.268 e. The smallest absolute Gasteiger partial charge is 0.268 e. The summed E-state index contributed by atoms with van der Waals surface area (Å²) in [5.41, 5.74) is 5.13. The van der Waals surface area contributed by atoms with Crippen molar-refractivity contribution in [3.63, 3.8) is 0 Å². The van der Waals surface area contributed by atoms with Crippen molar-refractivity contribution in [1.82, 2.24) is 14.4 Å². The van der Waals surface area contributed by atoms with Gasteiger partial charge in [-0.05, 0) is 0 Å². The summed E-state index contributed by atoms with van der Waals surface area (Å²) in [6.07, 6.45) is 4.04. The van der Waals surface area contributed by atoms with Gasteiger partial charge in [-0.15, -0.1) is 0 Å². The average molecular weight is 178 g/mol. The normalized spacial score (nSPS) is 10.5. The van der Waals surface area contributed by atoms with Crippen LogP contribution >= 0.6 is 0 Å². The van der Waals surface area contributed by atoms with Gasteiger partial charge in [0.2, 0.25) is 5.78 Å². The van der Waals surface area contributed by atoms with Crippen LogP contribution in [-0.4, -0.2) is 25.4 Å². The Morgan fingerprint density at radius 1 is 1.54 bits per heavy atom. The molecule has 0 aromatic carbocycles. The highest BCUT2D eigenvalue weighted by atomic mass is 16.3. The topological polar surface area (TPSA) is 93.5 Å². The van der Waals surface area contributed by atoms with E-state index in [-0.39, 0.29) is 11.4 Å². The fourth-order valence-electron chi connectivity index (χ4n) is 0.993. The SMILES string of the molecule is NC(=O)c1cn2cc(O)cnc2n1. The number of nitrogens with two attached hydrogens (primary N) is 1. The van der Waals surface area contributed by atoms with E-state index >= 15 is 0 Å². The molecular formula is C7H6N4O2. The Kier molecular flexibility index (Phi) is 1.42. The van der Waals surface area contributed by atoms with Crippen molar-refractivity contribution in [2.24, 2.45) is 5.73 Å². The molecule has 0 atom stereocenters. The standard InChI is InChI=1S/C7H6N4O2/c8-6(13)5-3-11-2-4(12)1-9-7(11)10-5/h1-3,12H,(H2,8,13). The fourth-order valence-corrected chi connectivity index (χ4v) is 0.993. The molecule has 13 heavy (non-hydrogen) atoms. The molecule has 2 aromatic rings. The third-order valence-electron chi connectivity index (χ3n) is 1.55. The van der Waals surface area contributed by atoms with Crippen LogP contribution in [0.3, 0.4) is 0 Å². The van der Waals surface area contributed by atoms with Gasteiger partial charge in [-0.3, -0.25) is 9.20 Å². The second kappa shape index (κ2) is 2.44. The third kappa shape index (κ3) is 1.18. The zero-order chi connectivity index (χ0) is 9.42. The summed E-state index contributed by atoms with van der Waals surface area (Å²) in [6.45, 7) is 0. The molecule has 3 N–H and O–H groups in total. The summed E-state index contributed by atoms with van der Waals surface area (Å²) >= 11 is 0. The molecule has 6 heteroatoms. The number of rotatable bonds is 1. The van der Waals surface area contributed by atoms with Crippen molar-refractivity contribution in [3.05, 3.63) is 24.3 Å². The van der Waals surface area contributed by atoms with Crippen LogP contribution in [0.25, 0.3) is 5.78 Å². The maximum absolute atomic E-state index is 10.7. The van der Waals surface area contributed by atoms with E-state index in [9.17, 15) is 4.79 Å². The first-order valence-electron chi connectivity index (χ1n) is 3.50. The van der Waals surface area contributed by atoms with Gasteiger partial charge in [0, 0.05) is 6.20 Å². The van der Waals surface area contributed by atoms with E-state index in [4.69, 9.17) is 10.8 Å². The minimum Gasteiger partial charge on any atom is -0.505 e. The van der Waals surface area contributed by atoms with E-state index in [1.165, 1.54) is 23.0 Å². The van der Waals surface area contributed by atoms with Gasteiger partial charge in [0.05, 0.1) is 12.4 Å². The number of aromatic nitrogens is 3. The number of carbonyl (C=O) groups excluding carboxylic acids is 1. The van der Waals surface area contributed by atoms with E-state index in [0.29, 0.717) is 5.78 Å². The van der Waals surface area contributed by atoms with Crippen LogP contribution in [0.2, 0.25) is 0 Å². The molecule has 0 fully saturated rings. The van der Waals surface area contributed by atoms with Gasteiger partial charge in [0.15, 0.2) is 5.75 Å². The lowest BCUT2D eigenvalue weighted by molar-refractivity contribution is 0.0996. The molecular weight excluding hydrogens is 172 g/mol. The van der Waals surface area contributed by atoms with E-state index in [0.717, 1.165) is 0 Å². The molecule has 0 aliphatic heterocycles. The lowest BCUT2D eigenvalue weighted by Crippen LogP contribution is -2.10. The minimum atomic E-state index is -0.620. The highest BCUT2D eigenvalue weighted by molar-refractivity contribution is 5.91. The number of hydrogen-bond acceptors (Lipinski definition) is 4. The quantitative estimate of drug-likeness (QED) is 0.617. The number of primary amides is 1. The Bertz CT molecular complexity index is 476. The Morgan fingerprint density at radius 3 is 3.00 bits per heavy atom. The summed E-state index contributed by atoms with van der Waals surface area (Å²) < 4.78 is 1.43. The van der Waals surface area contributed by atoms with Gasteiger partial charge >= 0.3 is 0 Å². The first-order valence-corrected chi connectivity index (χ1v) is 3.50. The first-order chi connectivity index (χ1) is 6.16. The van der Waals surface area contributed by atoms with Crippen LogP contribution in [0.5, 0.6) is 5.75 Å². The predicted molar refractivity (Wildman–Crippen MR) is 43.2 cm³/mol. The molecule has 6 nitrogen and oxygen atoms in total. The molecule has 66 valence electrons. The number of fused-ring (bicyclic) bond motifs is 1. The molecule has 2 aromatic heterocycles. The predicted octanol–water partition coefficient (Wildman–Crippen LogP) is -0.466. The Morgan fingerprint density at radius 2 is 2.31 bits per heavy atom. The number of hydrogen-bond donors (Lipinski definition) is 2. The minimum absolute atomic E-state index is 0.000852. The second-order valence-electron chi connectivity index (χ2n) is 2.51. The molecule has 0 unspecified atom stereocenters. The molecule has 0 aliphatic rings. The Hall–Kier alpha value is -2.11. The lowest BCUT2D eigenvalue weighted by atomic mass is 10.5. The molecule has 0 spiro atoms. The van der Waals surface area contributed by atoms with Crippen molar-refractivity contribution >= 4 is 11.7 Å². The van der Waals surface area contributed by atoms with Gasteiger partial charge in [-0.25, -0.2) is 9.97 Å². The molecule has 0 radical (unpaired) electrons. The van der Waals surface area contributed by atoms with Crippen molar-refractivity contribution in [3.8, 4) is 5.75 Å². The molecule has 0 aliphatic carbocycles. The lowest BCUT2D eigenvalue weighted by Gasteiger charge is -1.91. The van der Waals surface area contributed by atoms with Crippen molar-refractivity contribution in [2.45, 2.75) is 0 Å². The van der Waals surface area contributed by atoms with Crippen molar-refractivity contribution in [2.75, 3.05) is 0 Å². The van der Waals surface area contributed by atoms with Crippen LogP contribution in [0.4, 0.5) is 0 Å². The Balaban J connectivity index is 2.68. The summed E-state index contributed by atoms with van der Waals surface area (Å²) in [5, 5.41) is 9.05. The zero-order valence-electron chi connectivity index (χ0n) is 6.51. The maximum atomic E-state index is 10.7. The van der Waals surface area contributed by atoms with Gasteiger partial charge in [-0.1, -0.05) is 0 Å². The average Bonchev–Trinajstić information content (AvgIpc) is 2.46. The molecule has 0 saturated heterocycles. The van der Waals surface area contributed by atoms with Crippen LogP contribution in [0.15, 0.2) is 18.6 Å². The summed E-state index contributed by atoms with van der Waals surface area (Å²) in [6, 6.07) is 0. The van der Waals surface area contributed by atoms with Gasteiger partial charge < -0.3 is 10.8 Å². The van der Waals surface area contributed by atoms with Crippen LogP contribution in [-0.2, 0) is 0 Å². The third-order valence-corrected chi connectivity index (χ3v) is 1.55. The summed E-state index contributed by atoms with van der Waals surface area (Å²) in [4.78, 5) is 18.3. The van der Waals surface area contributed by atoms with Gasteiger partial charge in [0.25, 0.3) is 5.91 Å². The van der Waals surface area contributed by atoms with Gasteiger partial charge in [-0.2, -0.15) is 0 Å². The van der Waals surface area contributed by atoms with Crippen molar-refractivity contribution < 1.29 is 9.90 Å². The molecule has 2 heterocycles. The van der Waals surface area contributed by atoms with E-state index in [1.54, 1.807) is 0 Å². The number of carbonyl (C=O) groups is 1. The van der Waals surface area contributed by atoms with Crippen LogP contribution in [0.1, 0.15) is 10.5 Å². The van der Waals surface area contributed by atoms with Gasteiger partial charge in [0.1, 0.15) is 5.69 Å². The molecule has 0 bridgehead atoms. The fraction of sp³-hybridized carbons (Fsp3) is 0. The highest BCUT2D eigenvalue weighted by Crippen LogP contribution is 2.08. The first kappa shape index (κ1) is 7.53. The number of nitrogens with zero attached hydrogens (tertiary/aromatic N) is 3. The molecule has 1 amide bonds. The van der Waals surface area contributed by atoms with E-state index < -0.39 is 5.91 Å². The summed E-state index contributed by atoms with van der Waals surface area (Å²) in [7, 11) is 0. The summed E-state index contributed by atoms with van der Waals surface area (Å²) in [5.74, 6) is -0.294. The monoisotopic (exact) mass is 178 g/mol. The highest BCUT2D eigenvalue weighted by Gasteiger charge is 2.07. The van der Waals surface area contributed by atoms with Crippen molar-refractivity contribution in [1.29, 1.82) is 0 Å². The van der Waals surface area contributed by atoms with Crippen LogP contribution in [0, 0.1) is 0 Å². The number of amides is 1. The van der Waals surface area contributed by atoms with E-state index in [2.05, 4.69) is 9.97 Å². The number of imidazole rings is 1. The van der Waals surface area contributed by atoms with Crippen LogP contribution < -0.4 is 5.73 Å². The number of aromatic hydroxyl groups is 1. The van der Waals surface area contributed by atoms with E-state index in [1.807, 2.05) is 0 Å². The Labute approximate surface area is 72.6 Å².